The highest BCUT2D eigenvalue weighted by Gasteiger charge is 2.24. The Morgan fingerprint density at radius 2 is 1.97 bits per heavy atom. The number of hydrogen-bond donors (Lipinski definition) is 2. The predicted molar refractivity (Wildman–Crippen MR) is 119 cm³/mol. The molecule has 0 radical (unpaired) electrons. The summed E-state index contributed by atoms with van der Waals surface area (Å²) in [7, 11) is 1.97. The van der Waals surface area contributed by atoms with E-state index in [2.05, 4.69) is 49.3 Å². The van der Waals surface area contributed by atoms with Gasteiger partial charge in [-0.1, -0.05) is 27.2 Å². The fourth-order valence-electron chi connectivity index (χ4n) is 4.27. The van der Waals surface area contributed by atoms with Crippen molar-refractivity contribution in [2.75, 3.05) is 36.4 Å². The highest BCUT2D eigenvalue weighted by atomic mass is 15.3. The van der Waals surface area contributed by atoms with Gasteiger partial charge < -0.3 is 15.5 Å². The van der Waals surface area contributed by atoms with E-state index in [-0.39, 0.29) is 5.41 Å². The number of aryl methyl sites for hydroxylation is 2. The number of nitrogens with zero attached hydrogens (tertiary/aromatic N) is 6. The number of allylic oxidation sites excluding steroid dienone is 1. The minimum atomic E-state index is 0.0709. The number of fused-ring (bicyclic) bond motifs is 1. The van der Waals surface area contributed by atoms with Crippen molar-refractivity contribution < 1.29 is 0 Å². The lowest BCUT2D eigenvalue weighted by atomic mass is 9.85. The minimum Gasteiger partial charge on any atom is -0.338 e. The number of hydrogen-bond acceptors (Lipinski definition) is 7. The van der Waals surface area contributed by atoms with E-state index in [1.807, 2.05) is 11.7 Å². The molecule has 8 nitrogen and oxygen atoms in total. The maximum atomic E-state index is 4.94. The zero-order valence-electron chi connectivity index (χ0n) is 18.2. The first-order valence-electron chi connectivity index (χ1n) is 10.6. The van der Waals surface area contributed by atoms with Crippen LogP contribution in [-0.2, 0) is 13.5 Å². The molecule has 1 saturated heterocycles. The van der Waals surface area contributed by atoms with Gasteiger partial charge in [-0.3, -0.25) is 4.68 Å². The fourth-order valence-corrected chi connectivity index (χ4v) is 4.27. The van der Waals surface area contributed by atoms with E-state index in [1.165, 1.54) is 0 Å². The van der Waals surface area contributed by atoms with E-state index < -0.39 is 0 Å². The molecular weight excluding hydrogens is 364 g/mol. The highest BCUT2D eigenvalue weighted by Crippen LogP contribution is 2.32. The van der Waals surface area contributed by atoms with Crippen molar-refractivity contribution in [3.8, 4) is 0 Å². The molecule has 0 aromatic carbocycles. The van der Waals surface area contributed by atoms with Crippen LogP contribution in [0.1, 0.15) is 46.2 Å². The fraction of sp³-hybridized carbons (Fsp3) is 0.619. The summed E-state index contributed by atoms with van der Waals surface area (Å²) in [5, 5.41) is 11.7. The summed E-state index contributed by atoms with van der Waals surface area (Å²) in [6.45, 7) is 12.4. The molecule has 0 unspecified atom stereocenters. The van der Waals surface area contributed by atoms with Gasteiger partial charge in [0.15, 0.2) is 5.82 Å². The zero-order chi connectivity index (χ0) is 20.6. The number of piperazine rings is 1. The second-order valence-electron chi connectivity index (χ2n) is 8.79. The average Bonchev–Trinajstić information content (AvgIpc) is 2.97. The van der Waals surface area contributed by atoms with Gasteiger partial charge in [0.25, 0.3) is 0 Å². The van der Waals surface area contributed by atoms with Gasteiger partial charge in [-0.05, 0) is 31.3 Å². The van der Waals surface area contributed by atoms with Crippen LogP contribution in [0, 0.1) is 5.41 Å². The van der Waals surface area contributed by atoms with E-state index in [4.69, 9.17) is 20.1 Å². The van der Waals surface area contributed by atoms with Crippen LogP contribution in [-0.4, -0.2) is 51.6 Å². The van der Waals surface area contributed by atoms with Gasteiger partial charge in [0.05, 0.1) is 5.69 Å². The van der Waals surface area contributed by atoms with Crippen molar-refractivity contribution in [1.82, 2.24) is 25.1 Å². The normalized spacial score (nSPS) is 19.3. The van der Waals surface area contributed by atoms with Gasteiger partial charge in [0, 0.05) is 38.9 Å². The first kappa shape index (κ1) is 19.8. The molecule has 29 heavy (non-hydrogen) atoms. The lowest BCUT2D eigenvalue weighted by molar-refractivity contribution is 0.492. The van der Waals surface area contributed by atoms with Crippen LogP contribution in [0.3, 0.4) is 0 Å². The molecule has 1 fully saturated rings. The summed E-state index contributed by atoms with van der Waals surface area (Å²) >= 11 is 0. The van der Waals surface area contributed by atoms with Gasteiger partial charge in [0.1, 0.15) is 16.9 Å². The molecule has 0 spiro atoms. The Kier molecular flexibility index (Phi) is 5.29. The van der Waals surface area contributed by atoms with E-state index in [1.54, 1.807) is 0 Å². The van der Waals surface area contributed by atoms with Crippen molar-refractivity contribution in [2.45, 2.75) is 47.0 Å². The number of aliphatic imine (C=N–C) groups is 1. The zero-order valence-corrected chi connectivity index (χ0v) is 18.2. The third-order valence-corrected chi connectivity index (χ3v) is 5.42. The molecule has 0 aliphatic carbocycles. The predicted octanol–water partition coefficient (Wildman–Crippen LogP) is 2.87. The Labute approximate surface area is 172 Å². The summed E-state index contributed by atoms with van der Waals surface area (Å²) in [5.41, 5.74) is 4.11. The molecule has 0 amide bonds. The van der Waals surface area contributed by atoms with Gasteiger partial charge in [-0.2, -0.15) is 10.1 Å². The molecular formula is C21H32N8. The van der Waals surface area contributed by atoms with E-state index >= 15 is 0 Å². The lowest BCUT2D eigenvalue weighted by Crippen LogP contribution is -2.44. The van der Waals surface area contributed by atoms with Crippen molar-refractivity contribution in [1.29, 1.82) is 0 Å². The number of aromatic nitrogens is 4. The minimum absolute atomic E-state index is 0.0709. The Balaban J connectivity index is 1.81. The number of anilines is 2. The molecule has 2 aliphatic heterocycles. The average molecular weight is 397 g/mol. The summed E-state index contributed by atoms with van der Waals surface area (Å²) in [6, 6.07) is 0. The van der Waals surface area contributed by atoms with Crippen molar-refractivity contribution in [3.05, 3.63) is 17.6 Å². The van der Waals surface area contributed by atoms with E-state index in [0.29, 0.717) is 0 Å². The third-order valence-electron chi connectivity index (χ3n) is 5.42. The summed E-state index contributed by atoms with van der Waals surface area (Å²) in [6.07, 6.45) is 5.10. The van der Waals surface area contributed by atoms with Crippen LogP contribution in [0.5, 0.6) is 0 Å². The van der Waals surface area contributed by atoms with Crippen LogP contribution in [0.4, 0.5) is 11.8 Å². The van der Waals surface area contributed by atoms with Gasteiger partial charge in [-0.15, -0.1) is 0 Å². The number of nitrogens with one attached hydrogen (secondary N) is 2. The van der Waals surface area contributed by atoms with Crippen LogP contribution < -0.4 is 15.5 Å². The molecule has 2 aromatic rings. The molecule has 156 valence electrons. The Morgan fingerprint density at radius 3 is 2.66 bits per heavy atom. The number of rotatable bonds is 5. The molecule has 2 N–H and O–H groups in total. The van der Waals surface area contributed by atoms with Crippen LogP contribution in [0.15, 0.2) is 16.9 Å². The van der Waals surface area contributed by atoms with Crippen molar-refractivity contribution in [2.24, 2.45) is 17.5 Å². The summed E-state index contributed by atoms with van der Waals surface area (Å²) < 4.78 is 1.90. The van der Waals surface area contributed by atoms with Crippen LogP contribution in [0.2, 0.25) is 0 Å². The largest absolute Gasteiger partial charge is 0.338 e. The van der Waals surface area contributed by atoms with E-state index in [0.717, 1.165) is 85.5 Å². The molecule has 8 heteroatoms. The first-order chi connectivity index (χ1) is 13.9. The van der Waals surface area contributed by atoms with Crippen LogP contribution >= 0.6 is 0 Å². The van der Waals surface area contributed by atoms with Crippen molar-refractivity contribution >= 4 is 28.5 Å². The molecule has 2 aromatic heterocycles. The SMILES string of the molecule is CCCc1nn(C)c2c(NC3=CC(C)(C)CC(C)=N3)nc(N3CCNCC3)nc12. The second kappa shape index (κ2) is 7.74. The monoisotopic (exact) mass is 396 g/mol. The van der Waals surface area contributed by atoms with Gasteiger partial charge in [-0.25, -0.2) is 9.98 Å². The van der Waals surface area contributed by atoms with Gasteiger partial charge in [0.2, 0.25) is 5.95 Å². The molecule has 0 bridgehead atoms. The maximum Gasteiger partial charge on any atom is 0.228 e. The maximum absolute atomic E-state index is 4.94. The Bertz CT molecular complexity index is 963. The lowest BCUT2D eigenvalue weighted by Gasteiger charge is -2.28. The smallest absolute Gasteiger partial charge is 0.228 e. The standard InChI is InChI=1S/C21H32N8/c1-6-7-15-17-18(28(5)27-15)19(24-16-13-21(3,4)12-14(2)23-16)26-20(25-17)29-10-8-22-9-11-29/h13,22H,6-12H2,1-5H3,(H,24,25,26). The molecule has 4 heterocycles. The first-order valence-corrected chi connectivity index (χ1v) is 10.6. The Hall–Kier alpha value is -2.48. The molecule has 4 rings (SSSR count). The Morgan fingerprint density at radius 1 is 1.21 bits per heavy atom. The van der Waals surface area contributed by atoms with Crippen molar-refractivity contribution in [3.63, 3.8) is 0 Å². The molecule has 2 aliphatic rings. The molecule has 0 saturated carbocycles. The van der Waals surface area contributed by atoms with Gasteiger partial charge >= 0.3 is 0 Å². The molecule has 0 atom stereocenters. The topological polar surface area (TPSA) is 83.3 Å². The second-order valence-corrected chi connectivity index (χ2v) is 8.79. The third kappa shape index (κ3) is 4.12. The summed E-state index contributed by atoms with van der Waals surface area (Å²) in [4.78, 5) is 16.9. The van der Waals surface area contributed by atoms with E-state index in [9.17, 15) is 0 Å². The van der Waals surface area contributed by atoms with Crippen LogP contribution in [0.25, 0.3) is 11.0 Å². The highest BCUT2D eigenvalue weighted by molar-refractivity contribution is 5.90. The quantitative estimate of drug-likeness (QED) is 0.809. The summed E-state index contributed by atoms with van der Waals surface area (Å²) in [5.74, 6) is 2.40.